The van der Waals surface area contributed by atoms with Gasteiger partial charge in [0.25, 0.3) is 0 Å². The fourth-order valence-electron chi connectivity index (χ4n) is 5.27. The molecule has 0 aliphatic carbocycles. The second-order valence-corrected chi connectivity index (χ2v) is 10.0. The summed E-state index contributed by atoms with van der Waals surface area (Å²) >= 11 is 0. The van der Waals surface area contributed by atoms with Gasteiger partial charge in [0.2, 0.25) is 24.1 Å². The molecule has 0 bridgehead atoms. The zero-order valence-corrected chi connectivity index (χ0v) is 20.5. The molecule has 3 rings (SSSR count). The third-order valence-electron chi connectivity index (χ3n) is 6.89. The molecule has 10 nitrogen and oxygen atoms in total. The fraction of sp³-hybridized carbons (Fsp3) is 0.792. The average molecular weight is 479 g/mol. The number of nitrogens with zero attached hydrogens (tertiary/aromatic N) is 3. The van der Waals surface area contributed by atoms with Crippen LogP contribution in [0.15, 0.2) is 0 Å². The van der Waals surface area contributed by atoms with Crippen LogP contribution in [-0.2, 0) is 28.7 Å². The molecule has 4 atom stereocenters. The topological polar surface area (TPSA) is 116 Å². The monoisotopic (exact) mass is 478 g/mol. The highest BCUT2D eigenvalue weighted by Gasteiger charge is 2.41. The third-order valence-corrected chi connectivity index (χ3v) is 6.89. The van der Waals surface area contributed by atoms with E-state index in [1.807, 2.05) is 20.8 Å². The maximum absolute atomic E-state index is 13.4. The number of esters is 1. The lowest BCUT2D eigenvalue weighted by Crippen LogP contribution is -2.57. The van der Waals surface area contributed by atoms with Gasteiger partial charge < -0.3 is 24.8 Å². The summed E-state index contributed by atoms with van der Waals surface area (Å²) in [7, 11) is 0. The van der Waals surface area contributed by atoms with Crippen LogP contribution in [0.2, 0.25) is 0 Å². The first kappa shape index (κ1) is 26.0. The van der Waals surface area contributed by atoms with E-state index in [2.05, 4.69) is 5.32 Å². The van der Waals surface area contributed by atoms with E-state index in [9.17, 15) is 24.0 Å². The Hall–Kier alpha value is -2.65. The smallest absolute Gasteiger partial charge is 0.328 e. The molecule has 0 radical (unpaired) electrons. The van der Waals surface area contributed by atoms with Crippen LogP contribution in [0.25, 0.3) is 0 Å². The van der Waals surface area contributed by atoms with E-state index in [1.165, 1.54) is 4.90 Å². The van der Waals surface area contributed by atoms with Crippen molar-refractivity contribution in [3.8, 4) is 0 Å². The zero-order chi connectivity index (χ0) is 24.8. The van der Waals surface area contributed by atoms with Gasteiger partial charge in [0.05, 0.1) is 6.42 Å². The summed E-state index contributed by atoms with van der Waals surface area (Å²) in [5.74, 6) is -0.826. The van der Waals surface area contributed by atoms with Gasteiger partial charge in [-0.1, -0.05) is 6.92 Å². The predicted molar refractivity (Wildman–Crippen MR) is 123 cm³/mol. The van der Waals surface area contributed by atoms with Crippen molar-refractivity contribution in [2.45, 2.75) is 89.9 Å². The van der Waals surface area contributed by atoms with Gasteiger partial charge in [-0.3, -0.25) is 19.2 Å². The highest BCUT2D eigenvalue weighted by atomic mass is 16.5. The van der Waals surface area contributed by atoms with Crippen molar-refractivity contribution < 1.29 is 28.7 Å². The maximum atomic E-state index is 13.4. The Kier molecular flexibility index (Phi) is 8.90. The van der Waals surface area contributed by atoms with Gasteiger partial charge in [-0.2, -0.15) is 0 Å². The van der Waals surface area contributed by atoms with Crippen LogP contribution in [0.1, 0.15) is 65.7 Å². The van der Waals surface area contributed by atoms with Gasteiger partial charge in [-0.25, -0.2) is 4.79 Å². The molecule has 3 heterocycles. The lowest BCUT2D eigenvalue weighted by atomic mass is 9.99. The highest BCUT2D eigenvalue weighted by molar-refractivity contribution is 5.92. The van der Waals surface area contributed by atoms with Crippen molar-refractivity contribution in [3.63, 3.8) is 0 Å². The fourth-order valence-corrected chi connectivity index (χ4v) is 5.27. The van der Waals surface area contributed by atoms with Gasteiger partial charge in [0.15, 0.2) is 0 Å². The van der Waals surface area contributed by atoms with Crippen LogP contribution < -0.4 is 5.32 Å². The molecular formula is C24H38N4O6. The van der Waals surface area contributed by atoms with Crippen molar-refractivity contribution in [1.29, 1.82) is 0 Å². The largest absolute Gasteiger partial charge is 0.464 e. The number of rotatable bonds is 8. The van der Waals surface area contributed by atoms with E-state index in [1.54, 1.807) is 9.80 Å². The van der Waals surface area contributed by atoms with Crippen LogP contribution in [0.4, 0.5) is 0 Å². The summed E-state index contributed by atoms with van der Waals surface area (Å²) in [4.78, 5) is 67.2. The molecule has 0 saturated carbocycles. The van der Waals surface area contributed by atoms with Gasteiger partial charge in [-0.05, 0) is 58.3 Å². The number of ether oxygens (including phenoxy) is 1. The summed E-state index contributed by atoms with van der Waals surface area (Å²) in [6, 6.07) is -1.70. The summed E-state index contributed by atoms with van der Waals surface area (Å²) in [6.45, 7) is 7.16. The van der Waals surface area contributed by atoms with E-state index in [0.29, 0.717) is 51.7 Å². The van der Waals surface area contributed by atoms with Gasteiger partial charge in [0, 0.05) is 25.7 Å². The van der Waals surface area contributed by atoms with Crippen molar-refractivity contribution in [3.05, 3.63) is 0 Å². The Balaban J connectivity index is 1.55. The first-order chi connectivity index (χ1) is 16.2. The van der Waals surface area contributed by atoms with E-state index in [-0.39, 0.29) is 42.7 Å². The van der Waals surface area contributed by atoms with Crippen molar-refractivity contribution >= 4 is 30.1 Å². The van der Waals surface area contributed by atoms with Crippen molar-refractivity contribution in [2.24, 2.45) is 5.92 Å². The number of hydrogen-bond donors (Lipinski definition) is 1. The second kappa shape index (κ2) is 11.7. The zero-order valence-electron chi connectivity index (χ0n) is 20.5. The summed E-state index contributed by atoms with van der Waals surface area (Å²) in [5.41, 5.74) is 0. The van der Waals surface area contributed by atoms with Crippen LogP contribution in [0.5, 0.6) is 0 Å². The number of carbonyl (C=O) groups excluding carboxylic acids is 5. The average Bonchev–Trinajstić information content (AvgIpc) is 3.44. The van der Waals surface area contributed by atoms with Gasteiger partial charge in [0.1, 0.15) is 24.7 Å². The van der Waals surface area contributed by atoms with E-state index in [4.69, 9.17) is 4.74 Å². The number of hydrogen-bond acceptors (Lipinski definition) is 6. The number of nitrogens with one attached hydrogen (secondary N) is 1. The first-order valence-corrected chi connectivity index (χ1v) is 12.5. The molecule has 3 saturated heterocycles. The van der Waals surface area contributed by atoms with E-state index < -0.39 is 24.1 Å². The molecule has 0 aromatic heterocycles. The first-order valence-electron chi connectivity index (χ1n) is 12.5. The van der Waals surface area contributed by atoms with Gasteiger partial charge >= 0.3 is 5.97 Å². The Bertz CT molecular complexity index is 787. The van der Waals surface area contributed by atoms with E-state index >= 15 is 0 Å². The minimum atomic E-state index is -0.600. The molecule has 10 heteroatoms. The number of carbonyl (C=O) groups is 5. The molecule has 34 heavy (non-hydrogen) atoms. The number of amides is 4. The van der Waals surface area contributed by atoms with Crippen LogP contribution in [0, 0.1) is 5.92 Å². The quantitative estimate of drug-likeness (QED) is 0.405. The number of piperidine rings is 1. The molecule has 4 amide bonds. The second-order valence-electron chi connectivity index (χ2n) is 10.0. The standard InChI is InChI=1S/C24H38N4O6/c1-16(2)25-22(31)18-7-4-5-10-28(18)23(32)19-8-6-11-27(19)21(30)9-12-34-24(33)20-13-17(3)14-26(20)15-29/h15-20H,4-14H2,1-3H3,(H,25,31). The molecule has 3 aliphatic rings. The summed E-state index contributed by atoms with van der Waals surface area (Å²) in [6.07, 6.45) is 4.83. The molecule has 0 aromatic carbocycles. The molecule has 0 spiro atoms. The molecule has 1 N–H and O–H groups in total. The molecular weight excluding hydrogens is 440 g/mol. The van der Waals surface area contributed by atoms with Crippen molar-refractivity contribution in [1.82, 2.24) is 20.0 Å². The minimum absolute atomic E-state index is 0.00954. The SMILES string of the molecule is CC1CC(C(=O)OCCC(=O)N2CCCC2C(=O)N2CCCCC2C(=O)NC(C)C)N(C=O)C1. The Morgan fingerprint density at radius 3 is 2.41 bits per heavy atom. The lowest BCUT2D eigenvalue weighted by molar-refractivity contribution is -0.153. The van der Waals surface area contributed by atoms with Gasteiger partial charge in [-0.15, -0.1) is 0 Å². The molecule has 0 aromatic rings. The maximum Gasteiger partial charge on any atom is 0.328 e. The third kappa shape index (κ3) is 6.07. The van der Waals surface area contributed by atoms with Crippen LogP contribution in [-0.4, -0.2) is 95.2 Å². The minimum Gasteiger partial charge on any atom is -0.464 e. The Morgan fingerprint density at radius 2 is 1.71 bits per heavy atom. The lowest BCUT2D eigenvalue weighted by Gasteiger charge is -2.38. The molecule has 190 valence electrons. The summed E-state index contributed by atoms with van der Waals surface area (Å²) in [5, 5.41) is 2.91. The van der Waals surface area contributed by atoms with Crippen molar-refractivity contribution in [2.75, 3.05) is 26.2 Å². The normalized spacial score (nSPS) is 27.1. The molecule has 3 fully saturated rings. The molecule has 4 unspecified atom stereocenters. The van der Waals surface area contributed by atoms with Crippen LogP contribution in [0.3, 0.4) is 0 Å². The Morgan fingerprint density at radius 1 is 1.00 bits per heavy atom. The summed E-state index contributed by atoms with van der Waals surface area (Å²) < 4.78 is 5.30. The predicted octanol–water partition coefficient (Wildman–Crippen LogP) is 0.683. The Labute approximate surface area is 201 Å². The number of likely N-dealkylation sites (tertiary alicyclic amines) is 3. The van der Waals surface area contributed by atoms with Crippen LogP contribution >= 0.6 is 0 Å². The molecule has 3 aliphatic heterocycles. The highest BCUT2D eigenvalue weighted by Crippen LogP contribution is 2.26. The van der Waals surface area contributed by atoms with E-state index in [0.717, 1.165) is 12.8 Å².